The fraction of sp³-hybridized carbons (Fsp3) is 0.273. The van der Waals surface area contributed by atoms with Crippen LogP contribution in [0.4, 0.5) is 4.79 Å². The molecule has 3 N–H and O–H groups in total. The molecule has 0 aliphatic carbocycles. The predicted molar refractivity (Wildman–Crippen MR) is 60.8 cm³/mol. The number of rotatable bonds is 3. The van der Waals surface area contributed by atoms with Gasteiger partial charge in [-0.2, -0.15) is 0 Å². The maximum absolute atomic E-state index is 11.4. The zero-order valence-electron chi connectivity index (χ0n) is 9.56. The highest BCUT2D eigenvalue weighted by Crippen LogP contribution is 2.18. The summed E-state index contributed by atoms with van der Waals surface area (Å²) in [6, 6.07) is 5.46. The van der Waals surface area contributed by atoms with Crippen molar-refractivity contribution in [3.05, 3.63) is 24.3 Å². The molecular formula is C11H14N2O4. The number of phenols is 1. The van der Waals surface area contributed by atoms with E-state index in [0.29, 0.717) is 5.75 Å². The summed E-state index contributed by atoms with van der Waals surface area (Å²) in [4.78, 5) is 22.3. The van der Waals surface area contributed by atoms with Gasteiger partial charge in [0.1, 0.15) is 11.5 Å². The third-order valence-corrected chi connectivity index (χ3v) is 1.96. The van der Waals surface area contributed by atoms with Gasteiger partial charge in [-0.05, 0) is 19.1 Å². The van der Waals surface area contributed by atoms with Crippen LogP contribution in [0, 0.1) is 0 Å². The third-order valence-electron chi connectivity index (χ3n) is 1.96. The summed E-state index contributed by atoms with van der Waals surface area (Å²) >= 11 is 0. The molecular weight excluding hydrogens is 224 g/mol. The van der Waals surface area contributed by atoms with Gasteiger partial charge in [-0.25, -0.2) is 4.79 Å². The first-order valence-electron chi connectivity index (χ1n) is 5.01. The second-order valence-electron chi connectivity index (χ2n) is 3.33. The van der Waals surface area contributed by atoms with Crippen LogP contribution < -0.4 is 15.4 Å². The van der Waals surface area contributed by atoms with E-state index in [1.165, 1.54) is 26.1 Å². The quantitative estimate of drug-likeness (QED) is 0.720. The molecule has 0 radical (unpaired) electrons. The molecule has 0 aliphatic heterocycles. The van der Waals surface area contributed by atoms with Gasteiger partial charge in [0.2, 0.25) is 0 Å². The smallest absolute Gasteiger partial charge is 0.321 e. The van der Waals surface area contributed by atoms with Crippen molar-refractivity contribution >= 4 is 11.9 Å². The van der Waals surface area contributed by atoms with Crippen LogP contribution in [0.5, 0.6) is 11.5 Å². The number of nitrogens with one attached hydrogen (secondary N) is 2. The Hall–Kier alpha value is -2.24. The number of hydrogen-bond donors (Lipinski definition) is 3. The zero-order chi connectivity index (χ0) is 12.8. The summed E-state index contributed by atoms with van der Waals surface area (Å²) in [6.07, 6.45) is -0.839. The first-order chi connectivity index (χ1) is 8.02. The maximum atomic E-state index is 11.4. The van der Waals surface area contributed by atoms with Crippen molar-refractivity contribution in [2.24, 2.45) is 0 Å². The largest absolute Gasteiger partial charge is 0.508 e. The number of aromatic hydroxyl groups is 1. The van der Waals surface area contributed by atoms with Crippen molar-refractivity contribution in [2.45, 2.75) is 13.0 Å². The first-order valence-corrected chi connectivity index (χ1v) is 5.01. The van der Waals surface area contributed by atoms with Gasteiger partial charge in [0.25, 0.3) is 5.91 Å². The maximum Gasteiger partial charge on any atom is 0.321 e. The van der Waals surface area contributed by atoms with Gasteiger partial charge in [-0.3, -0.25) is 10.1 Å². The number of urea groups is 1. The van der Waals surface area contributed by atoms with Crippen molar-refractivity contribution < 1.29 is 19.4 Å². The lowest BCUT2D eigenvalue weighted by molar-refractivity contribution is -0.126. The van der Waals surface area contributed by atoms with Gasteiger partial charge < -0.3 is 15.2 Å². The summed E-state index contributed by atoms with van der Waals surface area (Å²) < 4.78 is 5.25. The van der Waals surface area contributed by atoms with E-state index in [2.05, 4.69) is 10.6 Å². The fourth-order valence-corrected chi connectivity index (χ4v) is 1.09. The van der Waals surface area contributed by atoms with Gasteiger partial charge in [-0.15, -0.1) is 0 Å². The molecule has 0 aromatic heterocycles. The van der Waals surface area contributed by atoms with Crippen LogP contribution in [0.2, 0.25) is 0 Å². The lowest BCUT2D eigenvalue weighted by Crippen LogP contribution is -2.43. The molecule has 17 heavy (non-hydrogen) atoms. The Morgan fingerprint density at radius 2 is 2.12 bits per heavy atom. The Labute approximate surface area is 98.6 Å². The SMILES string of the molecule is CNC(=O)NC(=O)C(C)Oc1cccc(O)c1. The highest BCUT2D eigenvalue weighted by atomic mass is 16.5. The summed E-state index contributed by atoms with van der Waals surface area (Å²) in [7, 11) is 1.41. The lowest BCUT2D eigenvalue weighted by Gasteiger charge is -2.13. The summed E-state index contributed by atoms with van der Waals surface area (Å²) in [5.41, 5.74) is 0. The summed E-state index contributed by atoms with van der Waals surface area (Å²) in [6.45, 7) is 1.50. The average molecular weight is 238 g/mol. The van der Waals surface area contributed by atoms with Crippen molar-refractivity contribution in [2.75, 3.05) is 7.05 Å². The first kappa shape index (κ1) is 12.8. The number of benzene rings is 1. The van der Waals surface area contributed by atoms with Gasteiger partial charge in [0.15, 0.2) is 6.10 Å². The summed E-state index contributed by atoms with van der Waals surface area (Å²) in [5.74, 6) is -0.168. The van der Waals surface area contributed by atoms with Crippen LogP contribution in [0.3, 0.4) is 0 Å². The highest BCUT2D eigenvalue weighted by Gasteiger charge is 2.16. The number of imide groups is 1. The van der Waals surface area contributed by atoms with Gasteiger partial charge in [-0.1, -0.05) is 6.07 Å². The van der Waals surface area contributed by atoms with Gasteiger partial charge in [0, 0.05) is 13.1 Å². The molecule has 0 heterocycles. The Morgan fingerprint density at radius 3 is 2.71 bits per heavy atom. The Balaban J connectivity index is 2.57. The fourth-order valence-electron chi connectivity index (χ4n) is 1.09. The molecule has 0 saturated carbocycles. The second kappa shape index (κ2) is 5.74. The minimum absolute atomic E-state index is 0.0430. The van der Waals surface area contributed by atoms with Gasteiger partial charge in [0.05, 0.1) is 0 Å². The molecule has 6 heteroatoms. The van der Waals surface area contributed by atoms with Crippen LogP contribution in [0.25, 0.3) is 0 Å². The van der Waals surface area contributed by atoms with E-state index < -0.39 is 18.0 Å². The van der Waals surface area contributed by atoms with Crippen LogP contribution >= 0.6 is 0 Å². The molecule has 0 aliphatic rings. The molecule has 92 valence electrons. The van der Waals surface area contributed by atoms with E-state index in [1.807, 2.05) is 0 Å². The van der Waals surface area contributed by atoms with Crippen LogP contribution in [-0.4, -0.2) is 30.2 Å². The van der Waals surface area contributed by atoms with E-state index in [9.17, 15) is 14.7 Å². The number of amides is 3. The Bertz CT molecular complexity index is 420. The molecule has 1 aromatic carbocycles. The van der Waals surface area contributed by atoms with E-state index in [0.717, 1.165) is 0 Å². The topological polar surface area (TPSA) is 87.7 Å². The van der Waals surface area contributed by atoms with Crippen molar-refractivity contribution in [3.8, 4) is 11.5 Å². The lowest BCUT2D eigenvalue weighted by atomic mass is 10.3. The van der Waals surface area contributed by atoms with Crippen molar-refractivity contribution in [1.29, 1.82) is 0 Å². The Morgan fingerprint density at radius 1 is 1.41 bits per heavy atom. The molecule has 3 amide bonds. The zero-order valence-corrected chi connectivity index (χ0v) is 9.56. The van der Waals surface area contributed by atoms with Gasteiger partial charge >= 0.3 is 6.03 Å². The number of ether oxygens (including phenoxy) is 1. The predicted octanol–water partition coefficient (Wildman–Crippen LogP) is 0.615. The van der Waals surface area contributed by atoms with Crippen LogP contribution in [0.1, 0.15) is 6.92 Å². The normalized spacial score (nSPS) is 11.4. The standard InChI is InChI=1S/C11H14N2O4/c1-7(10(15)13-11(16)12-2)17-9-5-3-4-8(14)6-9/h3-7,14H,1-2H3,(H2,12,13,15,16). The van der Waals surface area contributed by atoms with Crippen molar-refractivity contribution in [3.63, 3.8) is 0 Å². The van der Waals surface area contributed by atoms with E-state index >= 15 is 0 Å². The molecule has 0 fully saturated rings. The number of hydrogen-bond acceptors (Lipinski definition) is 4. The summed E-state index contributed by atoms with van der Waals surface area (Å²) in [5, 5.41) is 13.5. The molecule has 0 saturated heterocycles. The third kappa shape index (κ3) is 4.02. The average Bonchev–Trinajstić information content (AvgIpc) is 2.28. The molecule has 1 unspecified atom stereocenters. The number of carbonyl (C=O) groups is 2. The van der Waals surface area contributed by atoms with E-state index in [4.69, 9.17) is 4.74 Å². The van der Waals surface area contributed by atoms with Crippen LogP contribution in [0.15, 0.2) is 24.3 Å². The van der Waals surface area contributed by atoms with Crippen molar-refractivity contribution in [1.82, 2.24) is 10.6 Å². The molecule has 0 bridgehead atoms. The minimum Gasteiger partial charge on any atom is -0.508 e. The molecule has 1 atom stereocenters. The van der Waals surface area contributed by atoms with E-state index in [-0.39, 0.29) is 5.75 Å². The monoisotopic (exact) mass is 238 g/mol. The second-order valence-corrected chi connectivity index (χ2v) is 3.33. The molecule has 1 aromatic rings. The number of phenolic OH excluding ortho intramolecular Hbond substituents is 1. The Kier molecular flexibility index (Phi) is 4.33. The molecule has 6 nitrogen and oxygen atoms in total. The van der Waals surface area contributed by atoms with Crippen LogP contribution in [-0.2, 0) is 4.79 Å². The highest BCUT2D eigenvalue weighted by molar-refractivity contribution is 5.96. The van der Waals surface area contributed by atoms with E-state index in [1.54, 1.807) is 12.1 Å². The molecule has 1 rings (SSSR count). The molecule has 0 spiro atoms. The minimum atomic E-state index is -0.839. The number of carbonyl (C=O) groups excluding carboxylic acids is 2.